The second-order valence-corrected chi connectivity index (χ2v) is 7.43. The zero-order valence-corrected chi connectivity index (χ0v) is 15.6. The average molecular weight is 416 g/mol. The van der Waals surface area contributed by atoms with Gasteiger partial charge in [-0.2, -0.15) is 13.5 Å². The molecule has 6 nitrogen and oxygen atoms in total. The minimum absolute atomic E-state index is 0.126. The molecule has 1 N–H and O–H groups in total. The Morgan fingerprint density at radius 2 is 1.41 bits per heavy atom. The minimum atomic E-state index is -3.92. The van der Waals surface area contributed by atoms with Crippen LogP contribution in [0.2, 0.25) is 0 Å². The fraction of sp³-hybridized carbons (Fsp3) is 0. The van der Waals surface area contributed by atoms with Crippen molar-refractivity contribution in [2.75, 3.05) is 0 Å². The Morgan fingerprint density at radius 3 is 2.00 bits per heavy atom. The van der Waals surface area contributed by atoms with Gasteiger partial charge in [-0.25, -0.2) is 18.4 Å². The number of benzene rings is 3. The fourth-order valence-electron chi connectivity index (χ4n) is 2.21. The number of rotatable bonds is 6. The van der Waals surface area contributed by atoms with E-state index in [4.69, 9.17) is 4.74 Å². The number of ether oxygens (including phenoxy) is 1. The van der Waals surface area contributed by atoms with Gasteiger partial charge in [0, 0.05) is 0 Å². The van der Waals surface area contributed by atoms with Gasteiger partial charge in [0.05, 0.1) is 16.7 Å². The minimum Gasteiger partial charge on any atom is -0.423 e. The van der Waals surface area contributed by atoms with Crippen molar-refractivity contribution in [3.05, 3.63) is 95.6 Å². The smallest absolute Gasteiger partial charge is 0.343 e. The molecule has 0 saturated heterocycles. The molecule has 0 spiro atoms. The number of halogens is 2. The molecule has 0 aliphatic rings. The van der Waals surface area contributed by atoms with Crippen molar-refractivity contribution >= 4 is 22.2 Å². The van der Waals surface area contributed by atoms with E-state index in [1.165, 1.54) is 30.5 Å². The number of esters is 1. The van der Waals surface area contributed by atoms with E-state index in [-0.39, 0.29) is 16.2 Å². The van der Waals surface area contributed by atoms with Crippen LogP contribution in [0, 0.1) is 11.6 Å². The van der Waals surface area contributed by atoms with Crippen LogP contribution in [-0.4, -0.2) is 20.6 Å². The molecule has 0 aromatic heterocycles. The molecule has 9 heteroatoms. The molecular weight excluding hydrogens is 402 g/mol. The van der Waals surface area contributed by atoms with Crippen LogP contribution in [0.1, 0.15) is 15.9 Å². The van der Waals surface area contributed by atoms with Crippen LogP contribution in [0.4, 0.5) is 8.78 Å². The van der Waals surface area contributed by atoms with Gasteiger partial charge in [-0.1, -0.05) is 0 Å². The highest BCUT2D eigenvalue weighted by Gasteiger charge is 2.12. The first-order valence-corrected chi connectivity index (χ1v) is 9.70. The summed E-state index contributed by atoms with van der Waals surface area (Å²) in [5.41, 5.74) is 0.737. The lowest BCUT2D eigenvalue weighted by atomic mass is 10.2. The lowest BCUT2D eigenvalue weighted by Gasteiger charge is -2.05. The van der Waals surface area contributed by atoms with E-state index in [0.29, 0.717) is 5.56 Å². The van der Waals surface area contributed by atoms with Gasteiger partial charge in [0.1, 0.15) is 17.4 Å². The van der Waals surface area contributed by atoms with Crippen molar-refractivity contribution in [2.24, 2.45) is 5.10 Å². The standard InChI is InChI=1S/C20H14F2N2O4S/c21-16-5-3-15(4-6-16)20(25)28-18-9-1-14(2-10-18)13-23-24-29(26,27)19-11-7-17(22)8-12-19/h1-13,24H/b23-13+. The molecule has 3 aromatic carbocycles. The third-order valence-electron chi connectivity index (χ3n) is 3.68. The Balaban J connectivity index is 1.60. The number of carbonyl (C=O) groups is 1. The van der Waals surface area contributed by atoms with Gasteiger partial charge in [0.25, 0.3) is 10.0 Å². The predicted molar refractivity (Wildman–Crippen MR) is 102 cm³/mol. The van der Waals surface area contributed by atoms with Gasteiger partial charge >= 0.3 is 5.97 Å². The van der Waals surface area contributed by atoms with Crippen LogP contribution >= 0.6 is 0 Å². The number of hydrazone groups is 1. The summed E-state index contributed by atoms with van der Waals surface area (Å²) in [5.74, 6) is -1.39. The van der Waals surface area contributed by atoms with Crippen LogP contribution < -0.4 is 9.57 Å². The van der Waals surface area contributed by atoms with E-state index < -0.39 is 27.6 Å². The number of sulfonamides is 1. The molecule has 0 heterocycles. The largest absolute Gasteiger partial charge is 0.423 e. The average Bonchev–Trinajstić information content (AvgIpc) is 2.70. The topological polar surface area (TPSA) is 84.8 Å². The van der Waals surface area contributed by atoms with Crippen molar-refractivity contribution in [3.63, 3.8) is 0 Å². The van der Waals surface area contributed by atoms with E-state index in [2.05, 4.69) is 5.10 Å². The molecule has 29 heavy (non-hydrogen) atoms. The third-order valence-corrected chi connectivity index (χ3v) is 4.92. The van der Waals surface area contributed by atoms with E-state index in [1.54, 1.807) is 12.1 Å². The summed E-state index contributed by atoms with van der Waals surface area (Å²) in [6.07, 6.45) is 1.26. The summed E-state index contributed by atoms with van der Waals surface area (Å²) in [4.78, 5) is 13.9. The summed E-state index contributed by atoms with van der Waals surface area (Å²) >= 11 is 0. The van der Waals surface area contributed by atoms with E-state index in [9.17, 15) is 22.0 Å². The van der Waals surface area contributed by atoms with E-state index >= 15 is 0 Å². The van der Waals surface area contributed by atoms with Gasteiger partial charge in [0.15, 0.2) is 0 Å². The molecule has 0 atom stereocenters. The van der Waals surface area contributed by atoms with Crippen LogP contribution in [-0.2, 0) is 10.0 Å². The van der Waals surface area contributed by atoms with E-state index in [1.807, 2.05) is 4.83 Å². The number of nitrogens with one attached hydrogen (secondary N) is 1. The molecule has 0 aliphatic heterocycles. The lowest BCUT2D eigenvalue weighted by molar-refractivity contribution is 0.0734. The molecule has 3 aromatic rings. The van der Waals surface area contributed by atoms with Gasteiger partial charge in [0.2, 0.25) is 0 Å². The molecular formula is C20H14F2N2O4S. The van der Waals surface area contributed by atoms with Crippen molar-refractivity contribution < 1.29 is 26.7 Å². The van der Waals surface area contributed by atoms with Crippen molar-refractivity contribution in [2.45, 2.75) is 4.90 Å². The van der Waals surface area contributed by atoms with E-state index in [0.717, 1.165) is 36.4 Å². The fourth-order valence-corrected chi connectivity index (χ4v) is 3.00. The SMILES string of the molecule is O=C(Oc1ccc(/C=N/NS(=O)(=O)c2ccc(F)cc2)cc1)c1ccc(F)cc1. The first-order chi connectivity index (χ1) is 13.8. The normalized spacial score (nSPS) is 11.4. The van der Waals surface area contributed by atoms with Gasteiger partial charge < -0.3 is 4.74 Å². The van der Waals surface area contributed by atoms with Gasteiger partial charge in [-0.15, -0.1) is 0 Å². The second kappa shape index (κ2) is 8.61. The number of carbonyl (C=O) groups excluding carboxylic acids is 1. The Bertz CT molecular complexity index is 1130. The number of hydrogen-bond donors (Lipinski definition) is 1. The number of nitrogens with zero attached hydrogens (tertiary/aromatic N) is 1. The quantitative estimate of drug-likeness (QED) is 0.289. The zero-order chi connectivity index (χ0) is 20.9. The molecule has 0 amide bonds. The zero-order valence-electron chi connectivity index (χ0n) is 14.7. The Hall–Kier alpha value is -3.59. The maximum atomic E-state index is 12.9. The summed E-state index contributed by atoms with van der Waals surface area (Å²) in [7, 11) is -3.92. The summed E-state index contributed by atoms with van der Waals surface area (Å²) in [6, 6.07) is 15.4. The summed E-state index contributed by atoms with van der Waals surface area (Å²) < 4.78 is 55.0. The monoisotopic (exact) mass is 416 g/mol. The maximum Gasteiger partial charge on any atom is 0.343 e. The highest BCUT2D eigenvalue weighted by Crippen LogP contribution is 2.14. The molecule has 0 aliphatic carbocycles. The third kappa shape index (κ3) is 5.45. The van der Waals surface area contributed by atoms with Crippen molar-refractivity contribution in [3.8, 4) is 5.75 Å². The molecule has 0 saturated carbocycles. The molecule has 148 valence electrons. The first-order valence-electron chi connectivity index (χ1n) is 8.22. The highest BCUT2D eigenvalue weighted by atomic mass is 32.2. The molecule has 0 fully saturated rings. The molecule has 3 rings (SSSR count). The molecule has 0 radical (unpaired) electrons. The van der Waals surface area contributed by atoms with Crippen LogP contribution in [0.3, 0.4) is 0 Å². The van der Waals surface area contributed by atoms with Gasteiger partial charge in [-0.3, -0.25) is 0 Å². The Morgan fingerprint density at radius 1 is 0.862 bits per heavy atom. The molecule has 0 bridgehead atoms. The highest BCUT2D eigenvalue weighted by molar-refractivity contribution is 7.89. The van der Waals surface area contributed by atoms with Crippen LogP contribution in [0.25, 0.3) is 0 Å². The molecule has 0 unspecified atom stereocenters. The van der Waals surface area contributed by atoms with Gasteiger partial charge in [-0.05, 0) is 78.4 Å². The van der Waals surface area contributed by atoms with Crippen molar-refractivity contribution in [1.82, 2.24) is 4.83 Å². The maximum absolute atomic E-state index is 12.9. The lowest BCUT2D eigenvalue weighted by Crippen LogP contribution is -2.18. The summed E-state index contributed by atoms with van der Waals surface area (Å²) in [5, 5.41) is 3.66. The van der Waals surface area contributed by atoms with Crippen LogP contribution in [0.5, 0.6) is 5.75 Å². The first kappa shape index (κ1) is 20.2. The second-order valence-electron chi connectivity index (χ2n) is 5.77. The number of hydrogen-bond acceptors (Lipinski definition) is 5. The Labute approximate surface area is 165 Å². The van der Waals surface area contributed by atoms with Crippen molar-refractivity contribution in [1.29, 1.82) is 0 Å². The predicted octanol–water partition coefficient (Wildman–Crippen LogP) is 3.50. The summed E-state index contributed by atoms with van der Waals surface area (Å²) in [6.45, 7) is 0. The van der Waals surface area contributed by atoms with Crippen LogP contribution in [0.15, 0.2) is 82.8 Å². The Kier molecular flexibility index (Phi) is 5.99.